The fourth-order valence-corrected chi connectivity index (χ4v) is 3.11. The molecule has 1 N–H and O–H groups in total. The zero-order valence-corrected chi connectivity index (χ0v) is 11.1. The fraction of sp³-hybridized carbons (Fsp3) is 0.583. The highest BCUT2D eigenvalue weighted by Gasteiger charge is 2.32. The lowest BCUT2D eigenvalue weighted by Crippen LogP contribution is -2.31. The molecule has 3 rings (SSSR count). The minimum atomic E-state index is 0.352. The second-order valence-electron chi connectivity index (χ2n) is 4.53. The first-order valence-electron chi connectivity index (χ1n) is 6.34. The van der Waals surface area contributed by atoms with Crippen molar-refractivity contribution in [3.63, 3.8) is 0 Å². The predicted molar refractivity (Wildman–Crippen MR) is 69.5 cm³/mol. The van der Waals surface area contributed by atoms with Gasteiger partial charge in [0.15, 0.2) is 0 Å². The molecular weight excluding hydrogens is 248 g/mol. The van der Waals surface area contributed by atoms with E-state index < -0.39 is 0 Å². The fourth-order valence-electron chi connectivity index (χ4n) is 2.57. The number of nitrogens with zero attached hydrogens (tertiary/aromatic N) is 3. The largest absolute Gasteiger partial charge is 0.339 e. The summed E-state index contributed by atoms with van der Waals surface area (Å²) in [5.74, 6) is 1.71. The first-order valence-corrected chi connectivity index (χ1v) is 7.28. The third-order valence-corrected chi connectivity index (χ3v) is 3.99. The molecule has 0 bridgehead atoms. The zero-order valence-electron chi connectivity index (χ0n) is 10.3. The van der Waals surface area contributed by atoms with Crippen LogP contribution < -0.4 is 5.32 Å². The van der Waals surface area contributed by atoms with Crippen molar-refractivity contribution < 1.29 is 4.52 Å². The Balaban J connectivity index is 1.80. The van der Waals surface area contributed by atoms with E-state index in [0.717, 1.165) is 24.6 Å². The van der Waals surface area contributed by atoms with E-state index in [4.69, 9.17) is 4.52 Å². The quantitative estimate of drug-likeness (QED) is 0.919. The van der Waals surface area contributed by atoms with Crippen LogP contribution in [0.15, 0.2) is 15.4 Å². The summed E-state index contributed by atoms with van der Waals surface area (Å²) < 4.78 is 5.41. The molecule has 0 radical (unpaired) electrons. The van der Waals surface area contributed by atoms with Crippen LogP contribution in [0.1, 0.15) is 38.0 Å². The molecular formula is C12H16N4OS. The van der Waals surface area contributed by atoms with Gasteiger partial charge in [0.05, 0.1) is 11.4 Å². The maximum atomic E-state index is 5.41. The average molecular weight is 264 g/mol. The molecule has 1 aliphatic carbocycles. The summed E-state index contributed by atoms with van der Waals surface area (Å²) in [5, 5.41) is 9.46. The van der Waals surface area contributed by atoms with Crippen molar-refractivity contribution >= 4 is 11.3 Å². The summed E-state index contributed by atoms with van der Waals surface area (Å²) in [6.07, 6.45) is 3.53. The summed E-state index contributed by atoms with van der Waals surface area (Å²) in [4.78, 5) is 8.69. The smallest absolute Gasteiger partial charge is 0.231 e. The van der Waals surface area contributed by atoms with E-state index in [9.17, 15) is 0 Å². The van der Waals surface area contributed by atoms with Crippen LogP contribution in [0.4, 0.5) is 0 Å². The van der Waals surface area contributed by atoms with Gasteiger partial charge in [-0.2, -0.15) is 4.98 Å². The van der Waals surface area contributed by atoms with Gasteiger partial charge < -0.3 is 9.84 Å². The number of rotatable bonds is 4. The minimum Gasteiger partial charge on any atom is -0.339 e. The van der Waals surface area contributed by atoms with Gasteiger partial charge in [0.2, 0.25) is 11.7 Å². The van der Waals surface area contributed by atoms with E-state index in [2.05, 4.69) is 27.4 Å². The van der Waals surface area contributed by atoms with Crippen LogP contribution in [0.2, 0.25) is 0 Å². The Bertz CT molecular complexity index is 496. The number of hydrogen-bond acceptors (Lipinski definition) is 6. The Morgan fingerprint density at radius 2 is 2.44 bits per heavy atom. The molecule has 96 valence electrons. The minimum absolute atomic E-state index is 0.352. The Morgan fingerprint density at radius 1 is 1.50 bits per heavy atom. The van der Waals surface area contributed by atoms with E-state index >= 15 is 0 Å². The van der Waals surface area contributed by atoms with Crippen molar-refractivity contribution in [1.29, 1.82) is 0 Å². The van der Waals surface area contributed by atoms with E-state index in [1.807, 2.05) is 5.38 Å². The van der Waals surface area contributed by atoms with Crippen molar-refractivity contribution in [2.24, 2.45) is 0 Å². The SMILES string of the molecule is CCNC1CCCC1c1nc(-c2cscn2)no1. The van der Waals surface area contributed by atoms with Gasteiger partial charge in [-0.05, 0) is 19.4 Å². The molecule has 0 saturated heterocycles. The predicted octanol–water partition coefficient (Wildman–Crippen LogP) is 2.44. The van der Waals surface area contributed by atoms with Crippen molar-refractivity contribution in [1.82, 2.24) is 20.4 Å². The molecule has 5 nitrogen and oxygen atoms in total. The molecule has 0 amide bonds. The highest BCUT2D eigenvalue weighted by molar-refractivity contribution is 7.07. The van der Waals surface area contributed by atoms with Gasteiger partial charge in [0.25, 0.3) is 0 Å². The molecule has 18 heavy (non-hydrogen) atoms. The summed E-state index contributed by atoms with van der Waals surface area (Å²) >= 11 is 1.54. The molecule has 2 heterocycles. The molecule has 0 spiro atoms. The highest BCUT2D eigenvalue weighted by atomic mass is 32.1. The lowest BCUT2D eigenvalue weighted by Gasteiger charge is -2.16. The molecule has 2 aromatic rings. The van der Waals surface area contributed by atoms with E-state index in [0.29, 0.717) is 17.8 Å². The van der Waals surface area contributed by atoms with Gasteiger partial charge >= 0.3 is 0 Å². The van der Waals surface area contributed by atoms with Crippen LogP contribution in [0.3, 0.4) is 0 Å². The highest BCUT2D eigenvalue weighted by Crippen LogP contribution is 2.34. The molecule has 1 fully saturated rings. The summed E-state index contributed by atoms with van der Waals surface area (Å²) in [6, 6.07) is 0.471. The summed E-state index contributed by atoms with van der Waals surface area (Å²) in [7, 11) is 0. The second-order valence-corrected chi connectivity index (χ2v) is 5.25. The van der Waals surface area contributed by atoms with Crippen LogP contribution >= 0.6 is 11.3 Å². The number of thiazole rings is 1. The number of likely N-dealkylation sites (N-methyl/N-ethyl adjacent to an activating group) is 1. The van der Waals surface area contributed by atoms with Gasteiger partial charge in [-0.15, -0.1) is 11.3 Å². The third-order valence-electron chi connectivity index (χ3n) is 3.40. The maximum absolute atomic E-state index is 5.41. The molecule has 2 unspecified atom stereocenters. The number of aromatic nitrogens is 3. The van der Waals surface area contributed by atoms with Gasteiger partial charge in [0, 0.05) is 11.4 Å². The lowest BCUT2D eigenvalue weighted by atomic mass is 10.0. The van der Waals surface area contributed by atoms with E-state index in [-0.39, 0.29) is 0 Å². The van der Waals surface area contributed by atoms with Gasteiger partial charge in [-0.25, -0.2) is 4.98 Å². The van der Waals surface area contributed by atoms with E-state index in [1.54, 1.807) is 5.51 Å². The second kappa shape index (κ2) is 5.16. The van der Waals surface area contributed by atoms with Gasteiger partial charge in [0.1, 0.15) is 5.69 Å². The molecule has 2 aromatic heterocycles. The molecule has 0 aromatic carbocycles. The Hall–Kier alpha value is -1.27. The van der Waals surface area contributed by atoms with Crippen LogP contribution in [-0.4, -0.2) is 27.7 Å². The maximum Gasteiger partial charge on any atom is 0.231 e. The summed E-state index contributed by atoms with van der Waals surface area (Å²) in [5.41, 5.74) is 2.58. The van der Waals surface area contributed by atoms with Gasteiger partial charge in [-0.3, -0.25) is 0 Å². The average Bonchev–Trinajstić information content (AvgIpc) is 3.10. The Kier molecular flexibility index (Phi) is 3.38. The van der Waals surface area contributed by atoms with Crippen LogP contribution in [-0.2, 0) is 0 Å². The lowest BCUT2D eigenvalue weighted by molar-refractivity contribution is 0.332. The van der Waals surface area contributed by atoms with Crippen molar-refractivity contribution in [3.05, 3.63) is 16.8 Å². The molecule has 0 aliphatic heterocycles. The van der Waals surface area contributed by atoms with E-state index in [1.165, 1.54) is 24.2 Å². The van der Waals surface area contributed by atoms with Gasteiger partial charge in [-0.1, -0.05) is 18.5 Å². The normalized spacial score (nSPS) is 23.6. The first kappa shape index (κ1) is 11.8. The molecule has 2 atom stereocenters. The topological polar surface area (TPSA) is 63.8 Å². The third kappa shape index (κ3) is 2.18. The zero-order chi connectivity index (χ0) is 12.4. The molecule has 6 heteroatoms. The van der Waals surface area contributed by atoms with Crippen molar-refractivity contribution in [3.8, 4) is 11.5 Å². The van der Waals surface area contributed by atoms with Crippen molar-refractivity contribution in [2.45, 2.75) is 38.1 Å². The molecule has 1 aliphatic rings. The summed E-state index contributed by atoms with van der Waals surface area (Å²) in [6.45, 7) is 3.11. The standard InChI is InChI=1S/C12H16N4OS/c1-2-13-9-5-3-4-8(9)12-15-11(16-17-12)10-6-18-7-14-10/h6-9,13H,2-5H2,1H3. The first-order chi connectivity index (χ1) is 8.88. The Morgan fingerprint density at radius 3 is 3.22 bits per heavy atom. The molecule has 1 saturated carbocycles. The van der Waals surface area contributed by atoms with Crippen LogP contribution in [0, 0.1) is 0 Å². The number of hydrogen-bond donors (Lipinski definition) is 1. The Labute approximate surface area is 110 Å². The monoisotopic (exact) mass is 264 g/mol. The van der Waals surface area contributed by atoms with Crippen LogP contribution in [0.5, 0.6) is 0 Å². The van der Waals surface area contributed by atoms with Crippen LogP contribution in [0.25, 0.3) is 11.5 Å². The van der Waals surface area contributed by atoms with Crippen molar-refractivity contribution in [2.75, 3.05) is 6.54 Å². The number of nitrogens with one attached hydrogen (secondary N) is 1.